The summed E-state index contributed by atoms with van der Waals surface area (Å²) in [5.74, 6) is -0.114. The Bertz CT molecular complexity index is 845. The number of hydrogen-bond acceptors (Lipinski definition) is 3. The van der Waals surface area contributed by atoms with Crippen LogP contribution in [0, 0.1) is 0 Å². The van der Waals surface area contributed by atoms with E-state index in [2.05, 4.69) is 10.3 Å². The van der Waals surface area contributed by atoms with Crippen LogP contribution in [0.3, 0.4) is 0 Å². The van der Waals surface area contributed by atoms with Crippen molar-refractivity contribution < 1.29 is 4.79 Å². The van der Waals surface area contributed by atoms with Gasteiger partial charge in [-0.05, 0) is 48.2 Å². The summed E-state index contributed by atoms with van der Waals surface area (Å²) in [5, 5.41) is 4.47. The Morgan fingerprint density at radius 2 is 2.04 bits per heavy atom. The van der Waals surface area contributed by atoms with Gasteiger partial charge in [-0.1, -0.05) is 35.5 Å². The van der Waals surface area contributed by atoms with Gasteiger partial charge in [0.05, 0.1) is 0 Å². The summed E-state index contributed by atoms with van der Waals surface area (Å²) in [5.41, 5.74) is 2.56. The molecule has 1 N–H and O–H groups in total. The van der Waals surface area contributed by atoms with Gasteiger partial charge in [0.1, 0.15) is 0 Å². The molecule has 0 radical (unpaired) electrons. The molecule has 0 aliphatic carbocycles. The molecular weight excluding hydrogens is 342 g/mol. The fraction of sp³-hybridized carbons (Fsp3) is 0.111. The molecule has 3 aromatic rings. The van der Waals surface area contributed by atoms with Crippen molar-refractivity contribution in [2.75, 3.05) is 6.26 Å². The molecule has 0 aliphatic heterocycles. The van der Waals surface area contributed by atoms with Gasteiger partial charge in [0.2, 0.25) is 0 Å². The van der Waals surface area contributed by atoms with Crippen molar-refractivity contribution in [3.8, 4) is 5.69 Å². The molecule has 122 valence electrons. The Morgan fingerprint density at radius 3 is 2.75 bits per heavy atom. The van der Waals surface area contributed by atoms with Crippen LogP contribution >= 0.6 is 23.4 Å². The highest BCUT2D eigenvalue weighted by molar-refractivity contribution is 7.98. The first-order chi connectivity index (χ1) is 11.7. The Labute approximate surface area is 149 Å². The monoisotopic (exact) mass is 357 g/mol. The lowest BCUT2D eigenvalue weighted by atomic mass is 10.1. The number of halogens is 1. The summed E-state index contributed by atoms with van der Waals surface area (Å²) in [6, 6.07) is 14.9. The summed E-state index contributed by atoms with van der Waals surface area (Å²) in [6.07, 6.45) is 5.65. The first kappa shape index (κ1) is 16.6. The summed E-state index contributed by atoms with van der Waals surface area (Å²) in [6.45, 7) is 0.444. The first-order valence-electron chi connectivity index (χ1n) is 7.38. The summed E-state index contributed by atoms with van der Waals surface area (Å²) < 4.78 is 1.98. The summed E-state index contributed by atoms with van der Waals surface area (Å²) in [4.78, 5) is 16.5. The molecule has 0 atom stereocenters. The highest BCUT2D eigenvalue weighted by Gasteiger charge is 2.08. The van der Waals surface area contributed by atoms with Gasteiger partial charge in [-0.2, -0.15) is 0 Å². The van der Waals surface area contributed by atoms with Gasteiger partial charge < -0.3 is 5.32 Å². The third-order valence-electron chi connectivity index (χ3n) is 3.54. The molecule has 24 heavy (non-hydrogen) atoms. The van der Waals surface area contributed by atoms with E-state index < -0.39 is 0 Å². The van der Waals surface area contributed by atoms with E-state index in [-0.39, 0.29) is 5.91 Å². The topological polar surface area (TPSA) is 46.9 Å². The maximum atomic E-state index is 12.3. The van der Waals surface area contributed by atoms with E-state index in [9.17, 15) is 4.79 Å². The lowest BCUT2D eigenvalue weighted by molar-refractivity contribution is 0.0951. The lowest BCUT2D eigenvalue weighted by Crippen LogP contribution is -2.22. The van der Waals surface area contributed by atoms with Crippen LogP contribution in [0.25, 0.3) is 5.69 Å². The third kappa shape index (κ3) is 3.80. The van der Waals surface area contributed by atoms with Crippen LogP contribution in [0.15, 0.2) is 66.1 Å². The number of rotatable bonds is 5. The largest absolute Gasteiger partial charge is 0.348 e. The van der Waals surface area contributed by atoms with E-state index in [1.165, 1.54) is 0 Å². The number of amides is 1. The van der Waals surface area contributed by atoms with Crippen molar-refractivity contribution in [1.82, 2.24) is 14.9 Å². The predicted molar refractivity (Wildman–Crippen MR) is 98.0 cm³/mol. The van der Waals surface area contributed by atoms with E-state index in [1.807, 2.05) is 65.6 Å². The number of hydrogen-bond donors (Lipinski definition) is 1. The number of aromatic nitrogens is 2. The predicted octanol–water partition coefficient (Wildman–Crippen LogP) is 4.18. The van der Waals surface area contributed by atoms with Gasteiger partial charge in [-0.25, -0.2) is 4.98 Å². The molecule has 0 spiro atoms. The number of benzene rings is 2. The minimum Gasteiger partial charge on any atom is -0.348 e. The Balaban J connectivity index is 1.68. The highest BCUT2D eigenvalue weighted by atomic mass is 35.5. The van der Waals surface area contributed by atoms with E-state index >= 15 is 0 Å². The van der Waals surface area contributed by atoms with Crippen molar-refractivity contribution >= 4 is 29.3 Å². The van der Waals surface area contributed by atoms with Crippen molar-refractivity contribution in [2.24, 2.45) is 0 Å². The van der Waals surface area contributed by atoms with Crippen LogP contribution < -0.4 is 5.32 Å². The normalized spacial score (nSPS) is 10.6. The fourth-order valence-electron chi connectivity index (χ4n) is 2.34. The van der Waals surface area contributed by atoms with Crippen molar-refractivity contribution in [1.29, 1.82) is 0 Å². The molecule has 0 saturated heterocycles. The second-order valence-electron chi connectivity index (χ2n) is 5.14. The molecule has 6 heteroatoms. The summed E-state index contributed by atoms with van der Waals surface area (Å²) in [7, 11) is 0. The number of carbonyl (C=O) groups is 1. The molecule has 1 aromatic heterocycles. The number of thioether (sulfide) groups is 1. The average Bonchev–Trinajstić information content (AvgIpc) is 3.08. The van der Waals surface area contributed by atoms with Crippen LogP contribution in [-0.2, 0) is 6.54 Å². The maximum Gasteiger partial charge on any atom is 0.251 e. The number of nitrogens with one attached hydrogen (secondary N) is 1. The zero-order valence-electron chi connectivity index (χ0n) is 13.1. The van der Waals surface area contributed by atoms with Crippen LogP contribution in [0.4, 0.5) is 0 Å². The van der Waals surface area contributed by atoms with Gasteiger partial charge in [0.15, 0.2) is 5.16 Å². The van der Waals surface area contributed by atoms with E-state index in [1.54, 1.807) is 18.0 Å². The van der Waals surface area contributed by atoms with E-state index in [4.69, 9.17) is 11.6 Å². The van der Waals surface area contributed by atoms with Gasteiger partial charge in [0, 0.05) is 35.2 Å². The van der Waals surface area contributed by atoms with Gasteiger partial charge in [-0.15, -0.1) is 0 Å². The van der Waals surface area contributed by atoms with Gasteiger partial charge >= 0.3 is 0 Å². The van der Waals surface area contributed by atoms with E-state index in [0.717, 1.165) is 16.4 Å². The highest BCUT2D eigenvalue weighted by Crippen LogP contribution is 2.18. The molecular formula is C18H16ClN3OS. The SMILES string of the molecule is CSc1nccn1-c1ccc(C(=O)NCc2cccc(Cl)c2)cc1. The van der Waals surface area contributed by atoms with Crippen LogP contribution in [0.5, 0.6) is 0 Å². The average molecular weight is 358 g/mol. The quantitative estimate of drug-likeness (QED) is 0.697. The minimum atomic E-state index is -0.114. The maximum absolute atomic E-state index is 12.3. The van der Waals surface area contributed by atoms with Crippen LogP contribution in [-0.4, -0.2) is 21.7 Å². The smallest absolute Gasteiger partial charge is 0.251 e. The van der Waals surface area contributed by atoms with Gasteiger partial charge in [-0.3, -0.25) is 9.36 Å². The number of nitrogens with zero attached hydrogens (tertiary/aromatic N) is 2. The van der Waals surface area contributed by atoms with Crippen LogP contribution in [0.2, 0.25) is 5.02 Å². The molecule has 0 bridgehead atoms. The zero-order chi connectivity index (χ0) is 16.9. The molecule has 2 aromatic carbocycles. The molecule has 0 saturated carbocycles. The molecule has 0 aliphatic rings. The first-order valence-corrected chi connectivity index (χ1v) is 8.98. The van der Waals surface area contributed by atoms with E-state index in [0.29, 0.717) is 17.1 Å². The fourth-order valence-corrected chi connectivity index (χ4v) is 3.08. The Hall–Kier alpha value is -2.24. The van der Waals surface area contributed by atoms with Crippen molar-refractivity contribution in [2.45, 2.75) is 11.7 Å². The van der Waals surface area contributed by atoms with Crippen molar-refractivity contribution in [3.05, 3.63) is 77.1 Å². The summed E-state index contributed by atoms with van der Waals surface area (Å²) >= 11 is 7.52. The minimum absolute atomic E-state index is 0.114. The third-order valence-corrected chi connectivity index (χ3v) is 4.44. The molecule has 3 rings (SSSR count). The van der Waals surface area contributed by atoms with Crippen molar-refractivity contribution in [3.63, 3.8) is 0 Å². The zero-order valence-corrected chi connectivity index (χ0v) is 14.6. The number of carbonyl (C=O) groups excluding carboxylic acids is 1. The Morgan fingerprint density at radius 1 is 1.25 bits per heavy atom. The second-order valence-corrected chi connectivity index (χ2v) is 6.35. The second kappa shape index (κ2) is 7.55. The molecule has 0 unspecified atom stereocenters. The molecule has 4 nitrogen and oxygen atoms in total. The number of imidazole rings is 1. The molecule has 0 fully saturated rings. The van der Waals surface area contributed by atoms with Gasteiger partial charge in [0.25, 0.3) is 5.91 Å². The van der Waals surface area contributed by atoms with Crippen LogP contribution in [0.1, 0.15) is 15.9 Å². The standard InChI is InChI=1S/C18H16ClN3OS/c1-24-18-20-9-10-22(18)16-7-5-14(6-8-16)17(23)21-12-13-3-2-4-15(19)11-13/h2-11H,12H2,1H3,(H,21,23). The molecule has 1 amide bonds. The lowest BCUT2D eigenvalue weighted by Gasteiger charge is -2.08. The molecule has 1 heterocycles. The Kier molecular flexibility index (Phi) is 5.23.